The van der Waals surface area contributed by atoms with Crippen LogP contribution < -0.4 is 0 Å². The topological polar surface area (TPSA) is 67.3 Å². The highest BCUT2D eigenvalue weighted by molar-refractivity contribution is 6.14. The van der Waals surface area contributed by atoms with E-state index in [0.29, 0.717) is 22.5 Å². The van der Waals surface area contributed by atoms with Crippen molar-refractivity contribution in [3.05, 3.63) is 198 Å². The van der Waals surface area contributed by atoms with E-state index < -0.39 is 0 Å². The minimum Gasteiger partial charge on any atom is -0.306 e. The van der Waals surface area contributed by atoms with Crippen molar-refractivity contribution >= 4 is 82.4 Å². The molecule has 62 heavy (non-hydrogen) atoms. The molecule has 0 saturated carbocycles. The Labute approximate surface area is 355 Å². The number of nitriles is 2. The molecule has 12 aromatic rings. The fourth-order valence-electron chi connectivity index (χ4n) is 10.7. The molecule has 0 radical (unpaired) electrons. The highest BCUT2D eigenvalue weighted by Gasteiger charge is 2.35. The van der Waals surface area contributed by atoms with E-state index in [9.17, 15) is 10.5 Å². The molecule has 8 aromatic carbocycles. The molecule has 6 nitrogen and oxygen atoms in total. The third kappa shape index (κ3) is 4.45. The number of nitrogens with zero attached hydrogens (tertiary/aromatic N) is 6. The van der Waals surface area contributed by atoms with Crippen LogP contribution in [0.25, 0.3) is 105 Å². The first-order chi connectivity index (χ1) is 30.8. The van der Waals surface area contributed by atoms with E-state index in [-0.39, 0.29) is 0 Å². The van der Waals surface area contributed by atoms with Crippen LogP contribution >= 0.6 is 0 Å². The SMILES string of the molecule is N#Cc1c(C#N)c(-n2c3ccccc3c3ccccc32)c(-n2c3ccccc3c3ccccc32)c(-n2c3c(c4ccccc42)CCC=C3)c1-n1c2ccccc2c2ccccc21. The number of benzene rings is 8. The fourth-order valence-corrected chi connectivity index (χ4v) is 10.7. The van der Waals surface area contributed by atoms with Crippen LogP contribution in [0.4, 0.5) is 0 Å². The number of para-hydroxylation sites is 7. The molecule has 1 aliphatic carbocycles. The van der Waals surface area contributed by atoms with Gasteiger partial charge in [0.15, 0.2) is 0 Å². The van der Waals surface area contributed by atoms with Crippen LogP contribution in [0.2, 0.25) is 0 Å². The molecule has 0 fully saturated rings. The van der Waals surface area contributed by atoms with E-state index in [0.717, 1.165) is 101 Å². The van der Waals surface area contributed by atoms with Gasteiger partial charge in [-0.05, 0) is 66.9 Å². The molecular weight excluding hydrogens is 757 g/mol. The summed E-state index contributed by atoms with van der Waals surface area (Å²) in [6.07, 6.45) is 6.34. The minimum atomic E-state index is 0.303. The van der Waals surface area contributed by atoms with Crippen LogP contribution in [0, 0.1) is 22.7 Å². The van der Waals surface area contributed by atoms with Crippen LogP contribution in [0.5, 0.6) is 0 Å². The second-order valence-corrected chi connectivity index (χ2v) is 16.1. The lowest BCUT2D eigenvalue weighted by Gasteiger charge is -2.28. The summed E-state index contributed by atoms with van der Waals surface area (Å²) in [6, 6.07) is 64.9. The Kier molecular flexibility index (Phi) is 7.17. The average molecular weight is 791 g/mol. The maximum atomic E-state index is 11.9. The summed E-state index contributed by atoms with van der Waals surface area (Å²) in [4.78, 5) is 0. The van der Waals surface area contributed by atoms with Gasteiger partial charge in [-0.15, -0.1) is 0 Å². The maximum Gasteiger partial charge on any atom is 0.103 e. The van der Waals surface area contributed by atoms with Gasteiger partial charge in [-0.1, -0.05) is 133 Å². The Hall–Kier alpha value is -8.58. The molecule has 0 aliphatic heterocycles. The van der Waals surface area contributed by atoms with Crippen molar-refractivity contribution in [2.24, 2.45) is 0 Å². The van der Waals surface area contributed by atoms with Crippen LogP contribution in [-0.2, 0) is 6.42 Å². The Morgan fingerprint density at radius 1 is 0.339 bits per heavy atom. The van der Waals surface area contributed by atoms with Crippen molar-refractivity contribution in [1.29, 1.82) is 10.5 Å². The molecule has 13 rings (SSSR count). The monoisotopic (exact) mass is 790 g/mol. The number of rotatable bonds is 4. The van der Waals surface area contributed by atoms with Crippen molar-refractivity contribution in [3.63, 3.8) is 0 Å². The second-order valence-electron chi connectivity index (χ2n) is 16.1. The van der Waals surface area contributed by atoms with Gasteiger partial charge < -0.3 is 18.3 Å². The summed E-state index contributed by atoms with van der Waals surface area (Å²) in [7, 11) is 0. The number of hydrogen-bond donors (Lipinski definition) is 0. The lowest BCUT2D eigenvalue weighted by atomic mass is 9.98. The number of aryl methyl sites for hydroxylation is 1. The van der Waals surface area contributed by atoms with E-state index in [1.54, 1.807) is 0 Å². The highest BCUT2D eigenvalue weighted by Crippen LogP contribution is 2.49. The molecule has 0 unspecified atom stereocenters. The zero-order valence-electron chi connectivity index (χ0n) is 33.4. The standard InChI is InChI=1S/C56H34N6/c57-33-43-44(34-58)54(60-47-27-11-3-19-37(47)38-20-4-12-28-48(38)60)56(62-51-31-15-7-23-41(51)42-24-8-16-32-52(42)62)55(61-49-29-13-5-21-39(49)40-22-6-14-30-50(40)61)53(43)59-45-25-9-1-17-35(45)36-18-2-10-26-46(36)59/h1-7,9-23,25-32H,8,24H2. The minimum absolute atomic E-state index is 0.303. The van der Waals surface area contributed by atoms with Gasteiger partial charge in [0, 0.05) is 43.4 Å². The van der Waals surface area contributed by atoms with Gasteiger partial charge in [0.05, 0.1) is 72.5 Å². The highest BCUT2D eigenvalue weighted by atomic mass is 15.1. The second kappa shape index (κ2) is 13.0. The van der Waals surface area contributed by atoms with Crippen LogP contribution in [-0.4, -0.2) is 18.3 Å². The summed E-state index contributed by atoms with van der Waals surface area (Å²) < 4.78 is 9.26. The molecule has 0 amide bonds. The average Bonchev–Trinajstić information content (AvgIpc) is 4.06. The maximum absolute atomic E-state index is 11.9. The summed E-state index contributed by atoms with van der Waals surface area (Å²) >= 11 is 0. The first kappa shape index (κ1) is 34.3. The summed E-state index contributed by atoms with van der Waals surface area (Å²) in [5.74, 6) is 0. The quantitative estimate of drug-likeness (QED) is 0.178. The zero-order chi connectivity index (χ0) is 41.1. The molecule has 4 heterocycles. The van der Waals surface area contributed by atoms with E-state index in [1.165, 1.54) is 10.9 Å². The molecule has 0 spiro atoms. The van der Waals surface area contributed by atoms with Gasteiger partial charge in [0.25, 0.3) is 0 Å². The fraction of sp³-hybridized carbons (Fsp3) is 0.0357. The molecular formula is C56H34N6. The van der Waals surface area contributed by atoms with Crippen molar-refractivity contribution in [2.45, 2.75) is 12.8 Å². The third-order valence-electron chi connectivity index (χ3n) is 13.1. The van der Waals surface area contributed by atoms with Crippen molar-refractivity contribution < 1.29 is 0 Å². The van der Waals surface area contributed by atoms with E-state index in [4.69, 9.17) is 0 Å². The zero-order valence-corrected chi connectivity index (χ0v) is 33.4. The summed E-state index contributed by atoms with van der Waals surface area (Å²) in [5.41, 5.74) is 12.7. The van der Waals surface area contributed by atoms with Crippen molar-refractivity contribution in [3.8, 4) is 34.9 Å². The summed E-state index contributed by atoms with van der Waals surface area (Å²) in [5, 5.41) is 31.5. The van der Waals surface area contributed by atoms with Gasteiger partial charge in [-0.3, -0.25) is 0 Å². The van der Waals surface area contributed by atoms with Crippen LogP contribution in [0.1, 0.15) is 28.8 Å². The van der Waals surface area contributed by atoms with Gasteiger partial charge in [0.1, 0.15) is 12.1 Å². The lowest BCUT2D eigenvalue weighted by Crippen LogP contribution is -2.18. The lowest BCUT2D eigenvalue weighted by molar-refractivity contribution is 0.948. The van der Waals surface area contributed by atoms with E-state index in [2.05, 4.69) is 212 Å². The van der Waals surface area contributed by atoms with E-state index in [1.807, 2.05) is 0 Å². The van der Waals surface area contributed by atoms with Gasteiger partial charge in [-0.2, -0.15) is 10.5 Å². The summed E-state index contributed by atoms with van der Waals surface area (Å²) in [6.45, 7) is 0. The molecule has 4 aromatic heterocycles. The third-order valence-corrected chi connectivity index (χ3v) is 13.1. The molecule has 0 atom stereocenters. The Morgan fingerprint density at radius 3 is 0.984 bits per heavy atom. The molecule has 288 valence electrons. The number of hydrogen-bond acceptors (Lipinski definition) is 2. The van der Waals surface area contributed by atoms with Crippen molar-refractivity contribution in [1.82, 2.24) is 18.3 Å². The predicted octanol–water partition coefficient (Wildman–Crippen LogP) is 13.6. The first-order valence-corrected chi connectivity index (χ1v) is 21.1. The van der Waals surface area contributed by atoms with Gasteiger partial charge >= 0.3 is 0 Å². The number of allylic oxidation sites excluding steroid dienone is 1. The number of aromatic nitrogens is 4. The largest absolute Gasteiger partial charge is 0.306 e. The van der Waals surface area contributed by atoms with Crippen LogP contribution in [0.15, 0.2) is 176 Å². The van der Waals surface area contributed by atoms with Gasteiger partial charge in [0.2, 0.25) is 0 Å². The molecule has 0 bridgehead atoms. The smallest absolute Gasteiger partial charge is 0.103 e. The molecule has 1 aliphatic rings. The molecule has 6 heteroatoms. The first-order valence-electron chi connectivity index (χ1n) is 21.1. The molecule has 0 N–H and O–H groups in total. The number of fused-ring (bicyclic) bond motifs is 12. The predicted molar refractivity (Wildman–Crippen MR) is 253 cm³/mol. The normalized spacial score (nSPS) is 12.6. The van der Waals surface area contributed by atoms with E-state index >= 15 is 0 Å². The van der Waals surface area contributed by atoms with Gasteiger partial charge in [-0.25, -0.2) is 0 Å². The van der Waals surface area contributed by atoms with Crippen molar-refractivity contribution in [2.75, 3.05) is 0 Å². The Morgan fingerprint density at radius 2 is 0.629 bits per heavy atom. The Balaban J connectivity index is 1.40. The molecule has 0 saturated heterocycles. The Bertz CT molecular complexity index is 3860. The van der Waals surface area contributed by atoms with Crippen LogP contribution in [0.3, 0.4) is 0 Å².